The van der Waals surface area contributed by atoms with E-state index < -0.39 is 0 Å². The molecule has 1 amide bonds. The van der Waals surface area contributed by atoms with Crippen molar-refractivity contribution in [3.05, 3.63) is 22.4 Å². The van der Waals surface area contributed by atoms with Crippen LogP contribution < -0.4 is 5.32 Å². The zero-order valence-electron chi connectivity index (χ0n) is 13.8. The Balaban J connectivity index is 0.00000441. The molecule has 1 N–H and O–H groups in total. The van der Waals surface area contributed by atoms with E-state index in [1.165, 1.54) is 4.88 Å². The van der Waals surface area contributed by atoms with Crippen molar-refractivity contribution < 1.29 is 4.79 Å². The summed E-state index contributed by atoms with van der Waals surface area (Å²) in [6.07, 6.45) is 1.45. The molecule has 0 spiro atoms. The fourth-order valence-corrected chi connectivity index (χ4v) is 2.49. The third kappa shape index (κ3) is 7.98. The van der Waals surface area contributed by atoms with Gasteiger partial charge in [-0.2, -0.15) is 0 Å². The summed E-state index contributed by atoms with van der Waals surface area (Å²) in [6, 6.07) is 4.23. The lowest BCUT2D eigenvalue weighted by Crippen LogP contribution is -2.40. The average Bonchev–Trinajstić information content (AvgIpc) is 2.96. The summed E-state index contributed by atoms with van der Waals surface area (Å²) < 4.78 is 0. The van der Waals surface area contributed by atoms with Crippen molar-refractivity contribution in [1.82, 2.24) is 15.1 Å². The van der Waals surface area contributed by atoms with Gasteiger partial charge in [-0.1, -0.05) is 6.07 Å². The van der Waals surface area contributed by atoms with Crippen LogP contribution in [-0.4, -0.2) is 62.4 Å². The molecule has 0 fully saturated rings. The summed E-state index contributed by atoms with van der Waals surface area (Å²) in [7, 11) is 5.57. The van der Waals surface area contributed by atoms with Crippen LogP contribution in [0, 0.1) is 0 Å². The van der Waals surface area contributed by atoms with Crippen molar-refractivity contribution in [3.63, 3.8) is 0 Å². The normalized spacial score (nSPS) is 10.8. The van der Waals surface area contributed by atoms with E-state index in [-0.39, 0.29) is 29.9 Å². The van der Waals surface area contributed by atoms with E-state index in [0.29, 0.717) is 13.0 Å². The largest absolute Gasteiger partial charge is 0.357 e. The van der Waals surface area contributed by atoms with Gasteiger partial charge in [-0.25, -0.2) is 0 Å². The van der Waals surface area contributed by atoms with Crippen molar-refractivity contribution in [2.24, 2.45) is 4.99 Å². The van der Waals surface area contributed by atoms with E-state index in [9.17, 15) is 4.79 Å². The fourth-order valence-electron chi connectivity index (χ4n) is 1.79. The minimum absolute atomic E-state index is 0. The number of hydrogen-bond acceptors (Lipinski definition) is 3. The summed E-state index contributed by atoms with van der Waals surface area (Å²) >= 11 is 1.78. The number of carbonyl (C=O) groups is 1. The number of aliphatic imine (C=N–C) groups is 1. The van der Waals surface area contributed by atoms with E-state index in [2.05, 4.69) is 32.7 Å². The molecule has 0 aliphatic heterocycles. The smallest absolute Gasteiger partial charge is 0.223 e. The highest BCUT2D eigenvalue weighted by Gasteiger charge is 2.07. The third-order valence-corrected chi connectivity index (χ3v) is 3.99. The molecule has 0 aromatic carbocycles. The van der Waals surface area contributed by atoms with E-state index >= 15 is 0 Å². The minimum Gasteiger partial charge on any atom is -0.357 e. The molecule has 0 bridgehead atoms. The topological polar surface area (TPSA) is 47.9 Å². The van der Waals surface area contributed by atoms with Gasteiger partial charge in [0.1, 0.15) is 0 Å². The SMILES string of the molecule is CCNC(=NCCC(=O)N(C)C)N(C)CCc1cccs1.I. The highest BCUT2D eigenvalue weighted by molar-refractivity contribution is 14.0. The number of nitrogens with one attached hydrogen (secondary N) is 1. The van der Waals surface area contributed by atoms with E-state index in [4.69, 9.17) is 0 Å². The first kappa shape index (κ1) is 21.2. The first-order valence-electron chi connectivity index (χ1n) is 7.26. The number of guanidine groups is 1. The van der Waals surface area contributed by atoms with Gasteiger partial charge in [-0.3, -0.25) is 9.79 Å². The monoisotopic (exact) mass is 438 g/mol. The number of hydrogen-bond donors (Lipinski definition) is 1. The highest BCUT2D eigenvalue weighted by atomic mass is 127. The molecule has 0 atom stereocenters. The molecule has 0 aliphatic carbocycles. The highest BCUT2D eigenvalue weighted by Crippen LogP contribution is 2.09. The predicted molar refractivity (Wildman–Crippen MR) is 105 cm³/mol. The average molecular weight is 438 g/mol. The second-order valence-corrected chi connectivity index (χ2v) is 6.06. The van der Waals surface area contributed by atoms with Crippen LogP contribution in [0.3, 0.4) is 0 Å². The van der Waals surface area contributed by atoms with E-state index in [1.807, 2.05) is 14.0 Å². The van der Waals surface area contributed by atoms with Crippen molar-refractivity contribution in [2.45, 2.75) is 19.8 Å². The molecule has 1 rings (SSSR count). The molecule has 1 aromatic rings. The summed E-state index contributed by atoms with van der Waals surface area (Å²) in [5, 5.41) is 5.37. The number of halogens is 1. The molecule has 1 aromatic heterocycles. The zero-order valence-corrected chi connectivity index (χ0v) is 17.0. The molecule has 126 valence electrons. The number of rotatable bonds is 7. The molecular formula is C15H27IN4OS. The molecule has 0 unspecified atom stereocenters. The van der Waals surface area contributed by atoms with E-state index in [1.54, 1.807) is 30.3 Å². The Morgan fingerprint density at radius 2 is 2.09 bits per heavy atom. The van der Waals surface area contributed by atoms with Gasteiger partial charge in [0.05, 0.1) is 6.54 Å². The molecular weight excluding hydrogens is 411 g/mol. The van der Waals surface area contributed by atoms with Gasteiger partial charge in [0.15, 0.2) is 5.96 Å². The Labute approximate surface area is 154 Å². The van der Waals surface area contributed by atoms with Gasteiger partial charge < -0.3 is 15.1 Å². The Morgan fingerprint density at radius 1 is 1.36 bits per heavy atom. The number of carbonyl (C=O) groups excluding carboxylic acids is 1. The van der Waals surface area contributed by atoms with Gasteiger partial charge in [-0.05, 0) is 24.8 Å². The van der Waals surface area contributed by atoms with Gasteiger partial charge in [-0.15, -0.1) is 35.3 Å². The zero-order chi connectivity index (χ0) is 15.7. The van der Waals surface area contributed by atoms with E-state index in [0.717, 1.165) is 25.5 Å². The van der Waals surface area contributed by atoms with Crippen LogP contribution in [0.1, 0.15) is 18.2 Å². The molecule has 0 saturated heterocycles. The second-order valence-electron chi connectivity index (χ2n) is 5.02. The molecule has 0 radical (unpaired) electrons. The number of amides is 1. The number of thiophene rings is 1. The Kier molecular flexibility index (Phi) is 11.3. The van der Waals surface area contributed by atoms with Gasteiger partial charge in [0, 0.05) is 45.5 Å². The van der Waals surface area contributed by atoms with Crippen LogP contribution >= 0.6 is 35.3 Å². The summed E-state index contributed by atoms with van der Waals surface area (Å²) in [5.41, 5.74) is 0. The lowest BCUT2D eigenvalue weighted by Gasteiger charge is -2.21. The minimum atomic E-state index is 0. The van der Waals surface area contributed by atoms with Crippen molar-refractivity contribution in [2.75, 3.05) is 40.8 Å². The lowest BCUT2D eigenvalue weighted by molar-refractivity contribution is -0.128. The Bertz CT molecular complexity index is 448. The molecule has 5 nitrogen and oxygen atoms in total. The first-order valence-corrected chi connectivity index (χ1v) is 8.14. The molecule has 22 heavy (non-hydrogen) atoms. The third-order valence-electron chi connectivity index (χ3n) is 3.06. The Morgan fingerprint density at radius 3 is 2.64 bits per heavy atom. The standard InChI is InChI=1S/C15H26N4OS.HI/c1-5-16-15(17-10-8-14(20)18(2)3)19(4)11-9-13-7-6-12-21-13;/h6-7,12H,5,8-11H2,1-4H3,(H,16,17);1H. The van der Waals surface area contributed by atoms with Gasteiger partial charge in [0.25, 0.3) is 0 Å². The molecule has 1 heterocycles. The predicted octanol–water partition coefficient (Wildman–Crippen LogP) is 2.28. The molecule has 7 heteroatoms. The van der Waals surface area contributed by atoms with Crippen molar-refractivity contribution >= 4 is 47.2 Å². The van der Waals surface area contributed by atoms with Crippen LogP contribution in [0.4, 0.5) is 0 Å². The summed E-state index contributed by atoms with van der Waals surface area (Å²) in [6.45, 7) is 4.30. The number of nitrogens with zero attached hydrogens (tertiary/aromatic N) is 3. The fraction of sp³-hybridized carbons (Fsp3) is 0.600. The van der Waals surface area contributed by atoms with Crippen LogP contribution in [0.5, 0.6) is 0 Å². The maximum absolute atomic E-state index is 11.6. The van der Waals surface area contributed by atoms with Gasteiger partial charge >= 0.3 is 0 Å². The quantitative estimate of drug-likeness (QED) is 0.404. The second kappa shape index (κ2) is 11.7. The molecule has 0 saturated carbocycles. The summed E-state index contributed by atoms with van der Waals surface area (Å²) in [5.74, 6) is 0.969. The van der Waals surface area contributed by atoms with Crippen LogP contribution in [0.25, 0.3) is 0 Å². The summed E-state index contributed by atoms with van der Waals surface area (Å²) in [4.78, 5) is 21.2. The molecule has 0 aliphatic rings. The Hall–Kier alpha value is -0.830. The van der Waals surface area contributed by atoms with Crippen LogP contribution in [0.15, 0.2) is 22.5 Å². The van der Waals surface area contributed by atoms with Crippen LogP contribution in [-0.2, 0) is 11.2 Å². The number of likely N-dealkylation sites (N-methyl/N-ethyl adjacent to an activating group) is 1. The lowest BCUT2D eigenvalue weighted by atomic mass is 10.3. The van der Waals surface area contributed by atoms with Crippen molar-refractivity contribution in [3.8, 4) is 0 Å². The van der Waals surface area contributed by atoms with Crippen LogP contribution in [0.2, 0.25) is 0 Å². The maximum atomic E-state index is 11.6. The van der Waals surface area contributed by atoms with Crippen molar-refractivity contribution in [1.29, 1.82) is 0 Å². The maximum Gasteiger partial charge on any atom is 0.223 e. The first-order chi connectivity index (χ1) is 10.0. The van der Waals surface area contributed by atoms with Gasteiger partial charge in [0.2, 0.25) is 5.91 Å².